The molecule has 2 atom stereocenters. The molecule has 3 nitrogen and oxygen atoms in total. The molecule has 1 spiro atoms. The summed E-state index contributed by atoms with van der Waals surface area (Å²) < 4.78 is 0. The third-order valence-corrected chi connectivity index (χ3v) is 5.42. The highest BCUT2D eigenvalue weighted by Crippen LogP contribution is 2.51. The molecule has 0 bridgehead atoms. The van der Waals surface area contributed by atoms with Crippen LogP contribution in [0.5, 0.6) is 0 Å². The lowest BCUT2D eigenvalue weighted by molar-refractivity contribution is -0.133. The first-order chi connectivity index (χ1) is 9.13. The standard InChI is InChI=1S/C16H30N2O/c1-4-18(5-2)15(19)13(3)17-14-9-12-16(14)10-7-6-8-11-16/h13-14,17H,4-12H2,1-3H3. The van der Waals surface area contributed by atoms with Crippen molar-refractivity contribution in [2.75, 3.05) is 13.1 Å². The normalized spacial score (nSPS) is 26.8. The van der Waals surface area contributed by atoms with Crippen LogP contribution >= 0.6 is 0 Å². The topological polar surface area (TPSA) is 32.3 Å². The van der Waals surface area contributed by atoms with Crippen LogP contribution in [0.4, 0.5) is 0 Å². The van der Waals surface area contributed by atoms with Crippen LogP contribution in [0, 0.1) is 5.41 Å². The predicted octanol–water partition coefficient (Wildman–Crippen LogP) is 2.95. The minimum atomic E-state index is -0.0241. The zero-order valence-electron chi connectivity index (χ0n) is 12.9. The van der Waals surface area contributed by atoms with Gasteiger partial charge in [-0.2, -0.15) is 0 Å². The Bertz CT molecular complexity index is 306. The molecule has 3 heteroatoms. The second-order valence-electron chi connectivity index (χ2n) is 6.41. The average molecular weight is 266 g/mol. The minimum Gasteiger partial charge on any atom is -0.342 e. The van der Waals surface area contributed by atoms with Crippen LogP contribution in [-0.4, -0.2) is 36.0 Å². The molecule has 2 fully saturated rings. The Labute approximate surface area is 118 Å². The fraction of sp³-hybridized carbons (Fsp3) is 0.938. The molecule has 2 aliphatic carbocycles. The summed E-state index contributed by atoms with van der Waals surface area (Å²) in [5.74, 6) is 0.267. The van der Waals surface area contributed by atoms with Gasteiger partial charge in [0.1, 0.15) is 0 Å². The third-order valence-electron chi connectivity index (χ3n) is 5.42. The van der Waals surface area contributed by atoms with E-state index in [2.05, 4.69) is 19.2 Å². The highest BCUT2D eigenvalue weighted by molar-refractivity contribution is 5.81. The van der Waals surface area contributed by atoms with E-state index in [0.717, 1.165) is 13.1 Å². The molecule has 19 heavy (non-hydrogen) atoms. The van der Waals surface area contributed by atoms with E-state index in [1.54, 1.807) is 0 Å². The number of carbonyl (C=O) groups excluding carboxylic acids is 1. The number of hydrogen-bond donors (Lipinski definition) is 1. The molecular formula is C16H30N2O. The summed E-state index contributed by atoms with van der Waals surface area (Å²) in [4.78, 5) is 14.2. The van der Waals surface area contributed by atoms with E-state index in [-0.39, 0.29) is 11.9 Å². The predicted molar refractivity (Wildman–Crippen MR) is 79.1 cm³/mol. The van der Waals surface area contributed by atoms with Gasteiger partial charge < -0.3 is 10.2 Å². The molecule has 0 aromatic carbocycles. The molecule has 0 heterocycles. The molecular weight excluding hydrogens is 236 g/mol. The monoisotopic (exact) mass is 266 g/mol. The summed E-state index contributed by atoms with van der Waals surface area (Å²) in [5, 5.41) is 3.63. The van der Waals surface area contributed by atoms with E-state index < -0.39 is 0 Å². The van der Waals surface area contributed by atoms with Crippen LogP contribution in [0.3, 0.4) is 0 Å². The first-order valence-corrected chi connectivity index (χ1v) is 8.18. The molecule has 2 rings (SSSR count). The van der Waals surface area contributed by atoms with Gasteiger partial charge in [0.25, 0.3) is 0 Å². The smallest absolute Gasteiger partial charge is 0.239 e. The molecule has 1 N–H and O–H groups in total. The second kappa shape index (κ2) is 6.25. The summed E-state index contributed by atoms with van der Waals surface area (Å²) in [5.41, 5.74) is 0.538. The maximum Gasteiger partial charge on any atom is 0.239 e. The Hall–Kier alpha value is -0.570. The van der Waals surface area contributed by atoms with Gasteiger partial charge in [-0.15, -0.1) is 0 Å². The van der Waals surface area contributed by atoms with Gasteiger partial charge in [-0.25, -0.2) is 0 Å². The third kappa shape index (κ3) is 2.96. The molecule has 0 saturated heterocycles. The van der Waals surface area contributed by atoms with E-state index in [1.165, 1.54) is 44.9 Å². The van der Waals surface area contributed by atoms with Gasteiger partial charge in [0.15, 0.2) is 0 Å². The van der Waals surface area contributed by atoms with Crippen molar-refractivity contribution < 1.29 is 4.79 Å². The lowest BCUT2D eigenvalue weighted by Gasteiger charge is -2.53. The lowest BCUT2D eigenvalue weighted by atomic mass is 9.57. The first-order valence-electron chi connectivity index (χ1n) is 8.18. The number of hydrogen-bond acceptors (Lipinski definition) is 2. The molecule has 1 amide bonds. The highest BCUT2D eigenvalue weighted by Gasteiger charge is 2.47. The molecule has 2 aliphatic rings. The summed E-state index contributed by atoms with van der Waals surface area (Å²) >= 11 is 0. The van der Waals surface area contributed by atoms with Crippen molar-refractivity contribution >= 4 is 5.91 Å². The van der Waals surface area contributed by atoms with Crippen molar-refractivity contribution in [2.45, 2.75) is 77.8 Å². The zero-order valence-corrected chi connectivity index (χ0v) is 12.9. The minimum absolute atomic E-state index is 0.0241. The van der Waals surface area contributed by atoms with Crippen LogP contribution < -0.4 is 5.32 Å². The SMILES string of the molecule is CCN(CC)C(=O)C(C)NC1CCC12CCCCC2. The Morgan fingerprint density at radius 2 is 1.84 bits per heavy atom. The van der Waals surface area contributed by atoms with Gasteiger partial charge in [0, 0.05) is 19.1 Å². The molecule has 0 aromatic heterocycles. The lowest BCUT2D eigenvalue weighted by Crippen LogP contribution is -2.59. The fourth-order valence-corrected chi connectivity index (χ4v) is 3.99. The summed E-state index contributed by atoms with van der Waals surface area (Å²) in [6.07, 6.45) is 9.55. The number of likely N-dealkylation sites (N-methyl/N-ethyl adjacent to an activating group) is 1. The van der Waals surface area contributed by atoms with Crippen molar-refractivity contribution in [1.29, 1.82) is 0 Å². The van der Waals surface area contributed by atoms with Crippen molar-refractivity contribution in [3.8, 4) is 0 Å². The van der Waals surface area contributed by atoms with E-state index in [9.17, 15) is 4.79 Å². The Balaban J connectivity index is 1.88. The zero-order chi connectivity index (χ0) is 13.9. The van der Waals surface area contributed by atoms with Gasteiger partial charge in [-0.1, -0.05) is 19.3 Å². The molecule has 2 saturated carbocycles. The maximum atomic E-state index is 12.3. The number of nitrogens with one attached hydrogen (secondary N) is 1. The quantitative estimate of drug-likeness (QED) is 0.830. The van der Waals surface area contributed by atoms with Crippen LogP contribution in [0.2, 0.25) is 0 Å². The Morgan fingerprint density at radius 3 is 2.32 bits per heavy atom. The molecule has 110 valence electrons. The van der Waals surface area contributed by atoms with Gasteiger partial charge in [-0.3, -0.25) is 4.79 Å². The summed E-state index contributed by atoms with van der Waals surface area (Å²) in [6, 6.07) is 0.561. The van der Waals surface area contributed by atoms with Crippen LogP contribution in [0.15, 0.2) is 0 Å². The molecule has 0 radical (unpaired) electrons. The number of carbonyl (C=O) groups is 1. The maximum absolute atomic E-state index is 12.3. The largest absolute Gasteiger partial charge is 0.342 e. The van der Waals surface area contributed by atoms with Crippen LogP contribution in [0.1, 0.15) is 65.7 Å². The first kappa shape index (κ1) is 14.8. The second-order valence-corrected chi connectivity index (χ2v) is 6.41. The molecule has 0 aromatic rings. The van der Waals surface area contributed by atoms with E-state index in [1.807, 2.05) is 11.8 Å². The average Bonchev–Trinajstić information content (AvgIpc) is 2.45. The number of rotatable bonds is 5. The van der Waals surface area contributed by atoms with E-state index in [4.69, 9.17) is 0 Å². The van der Waals surface area contributed by atoms with E-state index >= 15 is 0 Å². The Morgan fingerprint density at radius 1 is 1.21 bits per heavy atom. The van der Waals surface area contributed by atoms with Crippen molar-refractivity contribution in [3.63, 3.8) is 0 Å². The van der Waals surface area contributed by atoms with Gasteiger partial charge in [-0.05, 0) is 51.9 Å². The Kier molecular flexibility index (Phi) is 4.88. The van der Waals surface area contributed by atoms with Crippen molar-refractivity contribution in [3.05, 3.63) is 0 Å². The highest BCUT2D eigenvalue weighted by atomic mass is 16.2. The van der Waals surface area contributed by atoms with Crippen molar-refractivity contribution in [1.82, 2.24) is 10.2 Å². The van der Waals surface area contributed by atoms with Crippen LogP contribution in [-0.2, 0) is 4.79 Å². The summed E-state index contributed by atoms with van der Waals surface area (Å²) in [7, 11) is 0. The summed E-state index contributed by atoms with van der Waals surface area (Å²) in [6.45, 7) is 7.78. The van der Waals surface area contributed by atoms with Crippen molar-refractivity contribution in [2.24, 2.45) is 5.41 Å². The van der Waals surface area contributed by atoms with Crippen LogP contribution in [0.25, 0.3) is 0 Å². The van der Waals surface area contributed by atoms with Gasteiger partial charge in [0.05, 0.1) is 6.04 Å². The fourth-order valence-electron chi connectivity index (χ4n) is 3.99. The number of amides is 1. The van der Waals surface area contributed by atoms with Gasteiger partial charge in [0.2, 0.25) is 5.91 Å². The van der Waals surface area contributed by atoms with E-state index in [0.29, 0.717) is 11.5 Å². The van der Waals surface area contributed by atoms with Gasteiger partial charge >= 0.3 is 0 Å². The number of nitrogens with zero attached hydrogens (tertiary/aromatic N) is 1. The molecule has 2 unspecified atom stereocenters. The molecule has 0 aliphatic heterocycles.